The van der Waals surface area contributed by atoms with E-state index in [1.165, 1.54) is 0 Å². The van der Waals surface area contributed by atoms with Crippen LogP contribution in [-0.4, -0.2) is 20.2 Å². The molecular weight excluding hydrogens is 226 g/mol. The van der Waals surface area contributed by atoms with Crippen molar-refractivity contribution in [1.82, 2.24) is 20.2 Å². The van der Waals surface area contributed by atoms with Gasteiger partial charge in [-0.15, -0.1) is 5.10 Å². The maximum absolute atomic E-state index is 6.00. The van der Waals surface area contributed by atoms with E-state index in [-0.39, 0.29) is 0 Å². The summed E-state index contributed by atoms with van der Waals surface area (Å²) >= 11 is 6.00. The van der Waals surface area contributed by atoms with E-state index in [0.717, 1.165) is 5.56 Å². The molecule has 2 N–H and O–H groups in total. The molecule has 0 aliphatic carbocycles. The first-order valence-electron chi connectivity index (χ1n) is 4.96. The zero-order chi connectivity index (χ0) is 12.1. The van der Waals surface area contributed by atoms with E-state index in [4.69, 9.17) is 17.3 Å². The minimum absolute atomic E-state index is 0.581. The lowest BCUT2D eigenvalue weighted by Gasteiger charge is -2.02. The van der Waals surface area contributed by atoms with Gasteiger partial charge in [0.05, 0.1) is 5.02 Å². The summed E-state index contributed by atoms with van der Waals surface area (Å²) in [4.78, 5) is 0. The molecule has 0 spiro atoms. The van der Waals surface area contributed by atoms with E-state index in [0.29, 0.717) is 16.5 Å². The van der Waals surface area contributed by atoms with Gasteiger partial charge in [-0.2, -0.15) is 0 Å². The second-order valence-electron chi connectivity index (χ2n) is 2.87. The van der Waals surface area contributed by atoms with Gasteiger partial charge in [0.25, 0.3) is 0 Å². The number of tetrazole rings is 1. The first kappa shape index (κ1) is 12.4. The summed E-state index contributed by atoms with van der Waals surface area (Å²) < 4.78 is 1.54. The molecule has 0 fully saturated rings. The highest BCUT2D eigenvalue weighted by atomic mass is 35.5. The van der Waals surface area contributed by atoms with E-state index in [1.807, 2.05) is 13.8 Å². The zero-order valence-corrected chi connectivity index (χ0v) is 10.2. The standard InChI is InChI=1S/C8H8ClN5.C2H6/c1-14-8(11-12-13-14)6-4-5(10)2-3-7(6)9;1-2/h2-4H,10H2,1H3;1-2H3. The van der Waals surface area contributed by atoms with E-state index in [1.54, 1.807) is 29.9 Å². The molecule has 16 heavy (non-hydrogen) atoms. The van der Waals surface area contributed by atoms with Crippen molar-refractivity contribution in [3.05, 3.63) is 23.2 Å². The van der Waals surface area contributed by atoms with Crippen LogP contribution >= 0.6 is 11.6 Å². The lowest BCUT2D eigenvalue weighted by molar-refractivity contribution is 0.715. The van der Waals surface area contributed by atoms with Crippen LogP contribution in [0.2, 0.25) is 5.02 Å². The Labute approximate surface area is 99.2 Å². The van der Waals surface area contributed by atoms with Gasteiger partial charge in [0.1, 0.15) is 0 Å². The molecule has 0 amide bonds. The Bertz CT molecular complexity index is 466. The number of aromatic nitrogens is 4. The molecule has 0 unspecified atom stereocenters. The van der Waals surface area contributed by atoms with Gasteiger partial charge in [0, 0.05) is 18.3 Å². The molecule has 86 valence electrons. The number of hydrogen-bond acceptors (Lipinski definition) is 4. The van der Waals surface area contributed by atoms with Crippen molar-refractivity contribution >= 4 is 17.3 Å². The fourth-order valence-electron chi connectivity index (χ4n) is 1.17. The number of rotatable bonds is 1. The number of halogens is 1. The summed E-state index contributed by atoms with van der Waals surface area (Å²) in [6.07, 6.45) is 0. The maximum atomic E-state index is 6.00. The number of aryl methyl sites for hydroxylation is 1. The predicted octanol–water partition coefficient (Wildman–Crippen LogP) is 2.14. The smallest absolute Gasteiger partial charge is 0.183 e. The van der Waals surface area contributed by atoms with Crippen LogP contribution < -0.4 is 5.73 Å². The number of anilines is 1. The van der Waals surface area contributed by atoms with Crippen molar-refractivity contribution in [1.29, 1.82) is 0 Å². The third-order valence-electron chi connectivity index (χ3n) is 1.85. The van der Waals surface area contributed by atoms with Crippen LogP contribution in [0.4, 0.5) is 5.69 Å². The Kier molecular flexibility index (Phi) is 4.25. The molecule has 2 aromatic rings. The summed E-state index contributed by atoms with van der Waals surface area (Å²) in [6.45, 7) is 4.00. The molecule has 5 nitrogen and oxygen atoms in total. The molecule has 0 aliphatic rings. The van der Waals surface area contributed by atoms with Crippen LogP contribution in [0.1, 0.15) is 13.8 Å². The average molecular weight is 240 g/mol. The van der Waals surface area contributed by atoms with Crippen LogP contribution in [0.15, 0.2) is 18.2 Å². The number of nitrogens with two attached hydrogens (primary N) is 1. The van der Waals surface area contributed by atoms with Gasteiger partial charge in [0.15, 0.2) is 5.82 Å². The molecule has 1 aromatic carbocycles. The van der Waals surface area contributed by atoms with Crippen molar-refractivity contribution in [2.45, 2.75) is 13.8 Å². The number of benzene rings is 1. The Morgan fingerprint density at radius 1 is 1.31 bits per heavy atom. The highest BCUT2D eigenvalue weighted by molar-refractivity contribution is 6.33. The van der Waals surface area contributed by atoms with E-state index < -0.39 is 0 Å². The molecule has 0 saturated carbocycles. The quantitative estimate of drug-likeness (QED) is 0.774. The first-order valence-corrected chi connectivity index (χ1v) is 5.34. The molecule has 1 heterocycles. The fourth-order valence-corrected chi connectivity index (χ4v) is 1.37. The first-order chi connectivity index (χ1) is 7.68. The Morgan fingerprint density at radius 2 is 2.00 bits per heavy atom. The molecule has 1 aromatic heterocycles. The molecule has 6 heteroatoms. The highest BCUT2D eigenvalue weighted by Gasteiger charge is 2.09. The van der Waals surface area contributed by atoms with Crippen molar-refractivity contribution < 1.29 is 0 Å². The van der Waals surface area contributed by atoms with Crippen LogP contribution in [0, 0.1) is 0 Å². The average Bonchev–Trinajstić information content (AvgIpc) is 2.71. The number of hydrogen-bond donors (Lipinski definition) is 1. The van der Waals surface area contributed by atoms with Crippen molar-refractivity contribution in [2.24, 2.45) is 7.05 Å². The largest absolute Gasteiger partial charge is 0.399 e. The third-order valence-corrected chi connectivity index (χ3v) is 2.18. The number of nitrogens with zero attached hydrogens (tertiary/aromatic N) is 4. The maximum Gasteiger partial charge on any atom is 0.183 e. The third kappa shape index (κ3) is 2.49. The molecule has 0 saturated heterocycles. The lowest BCUT2D eigenvalue weighted by atomic mass is 10.2. The fraction of sp³-hybridized carbons (Fsp3) is 0.300. The second-order valence-corrected chi connectivity index (χ2v) is 3.27. The second kappa shape index (κ2) is 5.46. The summed E-state index contributed by atoms with van der Waals surface area (Å²) in [5.74, 6) is 0.599. The molecule has 0 atom stereocenters. The normalized spacial score (nSPS) is 9.50. The van der Waals surface area contributed by atoms with E-state index in [9.17, 15) is 0 Å². The predicted molar refractivity (Wildman–Crippen MR) is 65.0 cm³/mol. The lowest BCUT2D eigenvalue weighted by Crippen LogP contribution is -1.96. The van der Waals surface area contributed by atoms with Gasteiger partial charge in [-0.25, -0.2) is 4.68 Å². The van der Waals surface area contributed by atoms with Crippen LogP contribution in [0.5, 0.6) is 0 Å². The van der Waals surface area contributed by atoms with Gasteiger partial charge in [-0.05, 0) is 28.6 Å². The molecule has 0 aliphatic heterocycles. The van der Waals surface area contributed by atoms with Gasteiger partial charge in [-0.1, -0.05) is 25.4 Å². The molecular formula is C10H14ClN5. The topological polar surface area (TPSA) is 69.6 Å². The van der Waals surface area contributed by atoms with Crippen LogP contribution in [0.3, 0.4) is 0 Å². The zero-order valence-electron chi connectivity index (χ0n) is 9.48. The molecule has 0 bridgehead atoms. The van der Waals surface area contributed by atoms with Gasteiger partial charge >= 0.3 is 0 Å². The Hall–Kier alpha value is -1.62. The van der Waals surface area contributed by atoms with Gasteiger partial charge < -0.3 is 5.73 Å². The van der Waals surface area contributed by atoms with E-state index in [2.05, 4.69) is 15.5 Å². The highest BCUT2D eigenvalue weighted by Crippen LogP contribution is 2.27. The minimum atomic E-state index is 0.581. The number of nitrogen functional groups attached to an aromatic ring is 1. The van der Waals surface area contributed by atoms with E-state index >= 15 is 0 Å². The van der Waals surface area contributed by atoms with Gasteiger partial charge in [0.2, 0.25) is 0 Å². The van der Waals surface area contributed by atoms with Crippen molar-refractivity contribution in [3.63, 3.8) is 0 Å². The molecule has 0 radical (unpaired) electrons. The van der Waals surface area contributed by atoms with Crippen LogP contribution in [0.25, 0.3) is 11.4 Å². The summed E-state index contributed by atoms with van der Waals surface area (Å²) in [6, 6.07) is 5.20. The van der Waals surface area contributed by atoms with Crippen molar-refractivity contribution in [3.8, 4) is 11.4 Å². The Morgan fingerprint density at radius 3 is 2.56 bits per heavy atom. The van der Waals surface area contributed by atoms with Gasteiger partial charge in [-0.3, -0.25) is 0 Å². The molecule has 2 rings (SSSR count). The SMILES string of the molecule is CC.Cn1nnnc1-c1cc(N)ccc1Cl. The van der Waals surface area contributed by atoms with Crippen LogP contribution in [-0.2, 0) is 7.05 Å². The van der Waals surface area contributed by atoms with Crippen molar-refractivity contribution in [2.75, 3.05) is 5.73 Å². The summed E-state index contributed by atoms with van der Waals surface area (Å²) in [5.41, 5.74) is 7.01. The minimum Gasteiger partial charge on any atom is -0.399 e. The summed E-state index contributed by atoms with van der Waals surface area (Å²) in [7, 11) is 1.74. The summed E-state index contributed by atoms with van der Waals surface area (Å²) in [5, 5.41) is 11.7. The monoisotopic (exact) mass is 239 g/mol. The Balaban J connectivity index is 0.000000606.